The van der Waals surface area contributed by atoms with Gasteiger partial charge in [0.05, 0.1) is 12.2 Å². The van der Waals surface area contributed by atoms with Gasteiger partial charge in [0.1, 0.15) is 23.2 Å². The summed E-state index contributed by atoms with van der Waals surface area (Å²) in [7, 11) is 0. The molecule has 0 N–H and O–H groups in total. The van der Waals surface area contributed by atoms with Crippen LogP contribution in [0.5, 0.6) is 5.75 Å². The van der Waals surface area contributed by atoms with Crippen LogP contribution in [0, 0.1) is 27.5 Å². The number of halogens is 1. The molecule has 0 spiro atoms. The maximum Gasteiger partial charge on any atom is 0.329 e. The molecule has 1 amide bonds. The van der Waals surface area contributed by atoms with E-state index in [1.54, 1.807) is 6.07 Å². The lowest BCUT2D eigenvalue weighted by atomic mass is 9.36. The molecule has 1 aromatic carbocycles. The predicted octanol–water partition coefficient (Wildman–Crippen LogP) is 7.41. The molecule has 1 atom stereocenters. The third-order valence-corrected chi connectivity index (χ3v) is 10.0. The third kappa shape index (κ3) is 5.10. The molecule has 1 aliphatic heterocycles. The van der Waals surface area contributed by atoms with Gasteiger partial charge < -0.3 is 14.4 Å². The van der Waals surface area contributed by atoms with Gasteiger partial charge in [0.2, 0.25) is 0 Å². The third-order valence-electron chi connectivity index (χ3n) is 10.0. The van der Waals surface area contributed by atoms with Crippen molar-refractivity contribution in [2.75, 3.05) is 13.2 Å². The van der Waals surface area contributed by atoms with Crippen molar-refractivity contribution >= 4 is 11.9 Å². The van der Waals surface area contributed by atoms with Gasteiger partial charge in [0, 0.05) is 18.0 Å². The minimum atomic E-state index is -0.670. The van der Waals surface area contributed by atoms with Crippen molar-refractivity contribution in [1.82, 2.24) is 4.90 Å². The zero-order chi connectivity index (χ0) is 28.0. The lowest BCUT2D eigenvalue weighted by Crippen LogP contribution is -2.60. The van der Waals surface area contributed by atoms with Crippen molar-refractivity contribution in [3.63, 3.8) is 0 Å². The smallest absolute Gasteiger partial charge is 0.329 e. The lowest BCUT2D eigenvalue weighted by Gasteiger charge is -2.69. The molecule has 39 heavy (non-hydrogen) atoms. The molecular weight excluding hydrogens is 493 g/mol. The van der Waals surface area contributed by atoms with Gasteiger partial charge in [-0.2, -0.15) is 0 Å². The summed E-state index contributed by atoms with van der Waals surface area (Å²) in [6.07, 6.45) is 10.8. The van der Waals surface area contributed by atoms with Crippen molar-refractivity contribution in [2.24, 2.45) is 21.7 Å². The second-order valence-corrected chi connectivity index (χ2v) is 16.1. The molecule has 5 nitrogen and oxygen atoms in total. The van der Waals surface area contributed by atoms with Gasteiger partial charge in [-0.1, -0.05) is 20.8 Å². The Hall–Kier alpha value is -2.11. The molecular formula is C33H46FNO4. The van der Waals surface area contributed by atoms with Crippen LogP contribution < -0.4 is 4.74 Å². The number of benzene rings is 1. The number of esters is 1. The number of rotatable bonds is 6. The van der Waals surface area contributed by atoms with Crippen molar-refractivity contribution < 1.29 is 23.5 Å². The molecule has 5 saturated carbocycles. The Kier molecular flexibility index (Phi) is 6.04. The summed E-state index contributed by atoms with van der Waals surface area (Å²) in [4.78, 5) is 27.9. The number of likely N-dealkylation sites (tertiary alicyclic amines) is 1. The topological polar surface area (TPSA) is 55.8 Å². The number of carbonyl (C=O) groups excluding carboxylic acids is 2. The molecule has 1 unspecified atom stereocenters. The van der Waals surface area contributed by atoms with E-state index in [-0.39, 0.29) is 11.0 Å². The van der Waals surface area contributed by atoms with Crippen LogP contribution in [0.2, 0.25) is 0 Å². The van der Waals surface area contributed by atoms with Crippen LogP contribution in [0.4, 0.5) is 4.39 Å². The second kappa shape index (κ2) is 8.69. The Morgan fingerprint density at radius 3 is 2.08 bits per heavy atom. The van der Waals surface area contributed by atoms with E-state index in [4.69, 9.17) is 9.47 Å². The Morgan fingerprint density at radius 1 is 0.949 bits per heavy atom. The number of nitrogens with zero attached hydrogens (tertiary/aromatic N) is 1. The molecule has 1 heterocycles. The van der Waals surface area contributed by atoms with E-state index in [0.29, 0.717) is 53.9 Å². The van der Waals surface area contributed by atoms with E-state index < -0.39 is 29.3 Å². The summed E-state index contributed by atoms with van der Waals surface area (Å²) in [5.74, 6) is -0.498. The van der Waals surface area contributed by atoms with Crippen molar-refractivity contribution in [2.45, 2.75) is 123 Å². The Morgan fingerprint density at radius 2 is 1.54 bits per heavy atom. The Balaban J connectivity index is 1.23. The van der Waals surface area contributed by atoms with Gasteiger partial charge in [-0.25, -0.2) is 9.18 Å². The van der Waals surface area contributed by atoms with Gasteiger partial charge in [0.15, 0.2) is 0 Å². The summed E-state index contributed by atoms with van der Waals surface area (Å²) in [5, 5.41) is 0. The van der Waals surface area contributed by atoms with Crippen molar-refractivity contribution in [1.29, 1.82) is 0 Å². The van der Waals surface area contributed by atoms with Crippen LogP contribution in [0.3, 0.4) is 0 Å². The summed E-state index contributed by atoms with van der Waals surface area (Å²) >= 11 is 0. The summed E-state index contributed by atoms with van der Waals surface area (Å²) < 4.78 is 27.8. The van der Waals surface area contributed by atoms with E-state index in [0.717, 1.165) is 18.4 Å². The Bertz CT molecular complexity index is 1140. The molecule has 214 valence electrons. The molecule has 7 rings (SSSR count). The molecule has 6 aliphatic rings. The average Bonchev–Trinajstić information content (AvgIpc) is 3.48. The Labute approximate surface area is 233 Å². The molecule has 6 fully saturated rings. The van der Waals surface area contributed by atoms with E-state index in [2.05, 4.69) is 20.8 Å². The van der Waals surface area contributed by atoms with Gasteiger partial charge >= 0.3 is 5.97 Å². The lowest BCUT2D eigenvalue weighted by molar-refractivity contribution is -0.192. The van der Waals surface area contributed by atoms with E-state index >= 15 is 4.39 Å². The first-order chi connectivity index (χ1) is 18.1. The van der Waals surface area contributed by atoms with Crippen LogP contribution in [-0.4, -0.2) is 41.6 Å². The zero-order valence-corrected chi connectivity index (χ0v) is 24.8. The largest absolute Gasteiger partial charge is 0.493 e. The van der Waals surface area contributed by atoms with Gasteiger partial charge in [-0.15, -0.1) is 0 Å². The maximum atomic E-state index is 15.6. The highest BCUT2D eigenvalue weighted by Gasteiger charge is 2.64. The SMILES string of the molecule is CC12CC3(C)CC(C)(C1)CC(COc1cc(F)c(C(=O)N4CCCC4C(=O)OC(C)(C)C)cc1C1CC1)(C2)C3. The van der Waals surface area contributed by atoms with Crippen molar-refractivity contribution in [3.05, 3.63) is 29.1 Å². The van der Waals surface area contributed by atoms with Crippen LogP contribution in [0.25, 0.3) is 0 Å². The molecule has 6 heteroatoms. The van der Waals surface area contributed by atoms with E-state index in [1.807, 2.05) is 20.8 Å². The second-order valence-electron chi connectivity index (χ2n) is 16.1. The fraction of sp³-hybridized carbons (Fsp3) is 0.758. The molecule has 0 aromatic heterocycles. The average molecular weight is 540 g/mol. The van der Waals surface area contributed by atoms with Gasteiger partial charge in [0.25, 0.3) is 5.91 Å². The monoisotopic (exact) mass is 539 g/mol. The molecule has 1 aromatic rings. The van der Waals surface area contributed by atoms with Crippen LogP contribution in [-0.2, 0) is 9.53 Å². The summed E-state index contributed by atoms with van der Waals surface area (Å²) in [6, 6.07) is 2.50. The first-order valence-corrected chi connectivity index (χ1v) is 15.1. The fourth-order valence-electron chi connectivity index (χ4n) is 10.3. The highest BCUT2D eigenvalue weighted by atomic mass is 19.1. The highest BCUT2D eigenvalue weighted by Crippen LogP contribution is 2.73. The maximum absolute atomic E-state index is 15.6. The van der Waals surface area contributed by atoms with Crippen LogP contribution >= 0.6 is 0 Å². The highest BCUT2D eigenvalue weighted by molar-refractivity contribution is 5.98. The minimum absolute atomic E-state index is 0.0436. The molecule has 4 bridgehead atoms. The van der Waals surface area contributed by atoms with Gasteiger partial charge in [-0.3, -0.25) is 4.79 Å². The minimum Gasteiger partial charge on any atom is -0.493 e. The first-order valence-electron chi connectivity index (χ1n) is 15.1. The summed E-state index contributed by atoms with van der Waals surface area (Å²) in [5.41, 5.74) is 1.58. The van der Waals surface area contributed by atoms with Crippen molar-refractivity contribution in [3.8, 4) is 5.75 Å². The van der Waals surface area contributed by atoms with Gasteiger partial charge in [-0.05, 0) is 119 Å². The number of amides is 1. The van der Waals surface area contributed by atoms with E-state index in [1.165, 1.54) is 49.5 Å². The number of hydrogen-bond donors (Lipinski definition) is 0. The number of carbonyl (C=O) groups is 2. The molecule has 0 radical (unpaired) electrons. The molecule has 1 saturated heterocycles. The van der Waals surface area contributed by atoms with E-state index in [9.17, 15) is 9.59 Å². The van der Waals surface area contributed by atoms with Crippen LogP contribution in [0.15, 0.2) is 12.1 Å². The molecule has 5 aliphatic carbocycles. The quantitative estimate of drug-likeness (QED) is 0.353. The van der Waals surface area contributed by atoms with Crippen LogP contribution in [0.1, 0.15) is 128 Å². The fourth-order valence-corrected chi connectivity index (χ4v) is 10.3. The predicted molar refractivity (Wildman–Crippen MR) is 148 cm³/mol. The normalized spacial score (nSPS) is 37.3. The summed E-state index contributed by atoms with van der Waals surface area (Å²) in [6.45, 7) is 13.9. The number of ether oxygens (including phenoxy) is 2. The number of hydrogen-bond acceptors (Lipinski definition) is 4. The zero-order valence-electron chi connectivity index (χ0n) is 24.8. The standard InChI is InChI=1S/C33H46FNO4/c1-29(2,3)39-28(37)25-8-7-11-35(25)27(36)23-12-22(21-9-10-21)26(13-24(23)34)38-20-33-17-30(4)14-31(5,18-33)16-32(6,15-30)19-33/h12-13,21,25H,7-11,14-20H2,1-6H3. The first kappa shape index (κ1) is 27.1.